The van der Waals surface area contributed by atoms with Gasteiger partial charge in [-0.05, 0) is 35.4 Å². The Kier molecular flexibility index (Phi) is 4.69. The zero-order valence-corrected chi connectivity index (χ0v) is 15.5. The molecule has 2 aromatic carbocycles. The Labute approximate surface area is 165 Å². The number of halogens is 1. The molecule has 0 spiro atoms. The van der Waals surface area contributed by atoms with Crippen LogP contribution in [0.2, 0.25) is 0 Å². The number of aliphatic hydroxyl groups excluding tert-OH is 1. The first-order valence-electron chi connectivity index (χ1n) is 8.84. The van der Waals surface area contributed by atoms with Gasteiger partial charge < -0.3 is 20.7 Å². The molecular weight excluding hydrogens is 373 g/mol. The predicted octanol–water partition coefficient (Wildman–Crippen LogP) is 3.03. The molecule has 0 fully saturated rings. The molecule has 4 rings (SSSR count). The molecule has 4 N–H and O–H groups in total. The number of amides is 1. The molecule has 0 unspecified atom stereocenters. The highest BCUT2D eigenvalue weighted by Crippen LogP contribution is 2.32. The van der Waals surface area contributed by atoms with E-state index in [4.69, 9.17) is 5.73 Å². The van der Waals surface area contributed by atoms with Gasteiger partial charge in [0.05, 0.1) is 5.39 Å². The molecule has 1 atom stereocenters. The van der Waals surface area contributed by atoms with Gasteiger partial charge in [0.1, 0.15) is 23.6 Å². The van der Waals surface area contributed by atoms with Gasteiger partial charge in [-0.25, -0.2) is 14.4 Å². The van der Waals surface area contributed by atoms with Crippen LogP contribution in [0.15, 0.2) is 61.1 Å². The number of nitrogens with one attached hydrogen (secondary N) is 1. The van der Waals surface area contributed by atoms with Crippen LogP contribution in [0.1, 0.15) is 11.7 Å². The van der Waals surface area contributed by atoms with Crippen LogP contribution in [0.25, 0.3) is 22.2 Å². The summed E-state index contributed by atoms with van der Waals surface area (Å²) in [5.74, 6) is -0.774. The monoisotopic (exact) mass is 391 g/mol. The molecule has 0 saturated carbocycles. The molecule has 7 nitrogen and oxygen atoms in total. The van der Waals surface area contributed by atoms with Crippen molar-refractivity contribution in [1.82, 2.24) is 14.5 Å². The summed E-state index contributed by atoms with van der Waals surface area (Å²) < 4.78 is 15.2. The average molecular weight is 391 g/mol. The Balaban J connectivity index is 1.57. The number of hydrogen-bond donors (Lipinski definition) is 3. The summed E-state index contributed by atoms with van der Waals surface area (Å²) >= 11 is 0. The van der Waals surface area contributed by atoms with Crippen molar-refractivity contribution >= 4 is 28.4 Å². The molecule has 0 aliphatic heterocycles. The van der Waals surface area contributed by atoms with E-state index in [1.165, 1.54) is 24.5 Å². The number of aromatic nitrogens is 3. The van der Waals surface area contributed by atoms with E-state index in [1.54, 1.807) is 12.1 Å². The van der Waals surface area contributed by atoms with Crippen LogP contribution in [0.5, 0.6) is 0 Å². The van der Waals surface area contributed by atoms with E-state index >= 15 is 0 Å². The maximum Gasteiger partial charge on any atom is 0.257 e. The fourth-order valence-corrected chi connectivity index (χ4v) is 3.23. The third-order valence-corrected chi connectivity index (χ3v) is 4.66. The molecule has 1 amide bonds. The Bertz CT molecular complexity index is 1200. The van der Waals surface area contributed by atoms with Gasteiger partial charge in [0, 0.05) is 24.5 Å². The molecule has 146 valence electrons. The lowest BCUT2D eigenvalue weighted by molar-refractivity contribution is -0.124. The minimum Gasteiger partial charge on any atom is -0.383 e. The van der Waals surface area contributed by atoms with E-state index < -0.39 is 17.8 Å². The highest BCUT2D eigenvalue weighted by atomic mass is 19.1. The van der Waals surface area contributed by atoms with Gasteiger partial charge >= 0.3 is 0 Å². The molecule has 4 aromatic rings. The Morgan fingerprint density at radius 1 is 1.21 bits per heavy atom. The van der Waals surface area contributed by atoms with E-state index in [2.05, 4.69) is 15.3 Å². The van der Waals surface area contributed by atoms with Gasteiger partial charge in [-0.15, -0.1) is 0 Å². The second-order valence-electron chi connectivity index (χ2n) is 6.64. The van der Waals surface area contributed by atoms with E-state index in [-0.39, 0.29) is 5.56 Å². The first kappa shape index (κ1) is 18.6. The zero-order valence-electron chi connectivity index (χ0n) is 15.5. The lowest BCUT2D eigenvalue weighted by Gasteiger charge is -2.12. The first-order valence-corrected chi connectivity index (χ1v) is 8.84. The summed E-state index contributed by atoms with van der Waals surface area (Å²) in [7, 11) is 1.88. The summed E-state index contributed by atoms with van der Waals surface area (Å²) in [6.45, 7) is 0. The van der Waals surface area contributed by atoms with Crippen LogP contribution in [0.4, 0.5) is 15.9 Å². The van der Waals surface area contributed by atoms with Crippen molar-refractivity contribution < 1.29 is 14.3 Å². The van der Waals surface area contributed by atoms with Gasteiger partial charge in [0.15, 0.2) is 6.10 Å². The van der Waals surface area contributed by atoms with Crippen LogP contribution in [0, 0.1) is 5.82 Å². The van der Waals surface area contributed by atoms with Crippen molar-refractivity contribution in [3.63, 3.8) is 0 Å². The third-order valence-electron chi connectivity index (χ3n) is 4.66. The number of fused-ring (bicyclic) bond motifs is 1. The number of aryl methyl sites for hydroxylation is 1. The van der Waals surface area contributed by atoms with Crippen molar-refractivity contribution in [3.8, 4) is 11.1 Å². The normalized spacial score (nSPS) is 12.1. The van der Waals surface area contributed by atoms with Crippen molar-refractivity contribution in [1.29, 1.82) is 0 Å². The van der Waals surface area contributed by atoms with Gasteiger partial charge in [0.2, 0.25) is 0 Å². The van der Waals surface area contributed by atoms with Crippen LogP contribution >= 0.6 is 0 Å². The van der Waals surface area contributed by atoms with E-state index in [9.17, 15) is 14.3 Å². The molecule has 2 aromatic heterocycles. The Hall–Kier alpha value is -3.78. The van der Waals surface area contributed by atoms with Crippen molar-refractivity contribution in [3.05, 3.63) is 72.4 Å². The molecule has 0 aliphatic carbocycles. The summed E-state index contributed by atoms with van der Waals surface area (Å²) in [5.41, 5.74) is 9.19. The third kappa shape index (κ3) is 3.53. The van der Waals surface area contributed by atoms with Crippen molar-refractivity contribution in [2.45, 2.75) is 6.10 Å². The number of carbonyl (C=O) groups excluding carboxylic acids is 1. The van der Waals surface area contributed by atoms with Gasteiger partial charge in [0.25, 0.3) is 5.91 Å². The number of hydrogen-bond acceptors (Lipinski definition) is 5. The molecule has 8 heteroatoms. The van der Waals surface area contributed by atoms with Gasteiger partial charge in [-0.3, -0.25) is 4.79 Å². The van der Waals surface area contributed by atoms with Crippen LogP contribution in [-0.2, 0) is 11.8 Å². The van der Waals surface area contributed by atoms with Crippen molar-refractivity contribution in [2.75, 3.05) is 11.1 Å². The van der Waals surface area contributed by atoms with E-state index in [1.807, 2.05) is 29.9 Å². The number of aliphatic hydroxyl groups is 1. The molecule has 0 aliphatic rings. The quantitative estimate of drug-likeness (QED) is 0.496. The second kappa shape index (κ2) is 7.33. The predicted molar refractivity (Wildman–Crippen MR) is 108 cm³/mol. The molecule has 0 saturated heterocycles. The fourth-order valence-electron chi connectivity index (χ4n) is 3.23. The number of anilines is 2. The van der Waals surface area contributed by atoms with Gasteiger partial charge in [-0.1, -0.05) is 24.3 Å². The number of benzene rings is 2. The van der Waals surface area contributed by atoms with Crippen molar-refractivity contribution in [2.24, 2.45) is 7.05 Å². The maximum atomic E-state index is 13.3. The smallest absolute Gasteiger partial charge is 0.257 e. The topological polar surface area (TPSA) is 106 Å². The molecule has 0 bridgehead atoms. The summed E-state index contributed by atoms with van der Waals surface area (Å²) in [5, 5.41) is 13.5. The highest BCUT2D eigenvalue weighted by Gasteiger charge is 2.18. The van der Waals surface area contributed by atoms with Crippen LogP contribution < -0.4 is 11.1 Å². The number of nitrogens with zero attached hydrogens (tertiary/aromatic N) is 3. The number of carbonyl (C=O) groups is 1. The SMILES string of the molecule is Cn1cc(-c2ccc(NC(=O)[C@H](O)c3cccc(F)c3)cc2)c2c(N)ncnc21. The zero-order chi connectivity index (χ0) is 20.5. The minimum absolute atomic E-state index is 0.186. The largest absolute Gasteiger partial charge is 0.383 e. The fraction of sp³-hybridized carbons (Fsp3) is 0.0952. The van der Waals surface area contributed by atoms with E-state index in [0.717, 1.165) is 28.2 Å². The Morgan fingerprint density at radius 3 is 2.69 bits per heavy atom. The first-order chi connectivity index (χ1) is 13.9. The number of nitrogen functional groups attached to an aromatic ring is 1. The molecular formula is C21H18FN5O2. The lowest BCUT2D eigenvalue weighted by Crippen LogP contribution is -2.20. The number of rotatable bonds is 4. The molecule has 2 heterocycles. The highest BCUT2D eigenvalue weighted by molar-refractivity contribution is 6.01. The average Bonchev–Trinajstić information content (AvgIpc) is 3.06. The summed E-state index contributed by atoms with van der Waals surface area (Å²) in [4.78, 5) is 20.6. The minimum atomic E-state index is -1.47. The second-order valence-corrected chi connectivity index (χ2v) is 6.64. The maximum absolute atomic E-state index is 13.3. The summed E-state index contributed by atoms with van der Waals surface area (Å²) in [6, 6.07) is 12.4. The lowest BCUT2D eigenvalue weighted by atomic mass is 10.1. The standard InChI is InChI=1S/C21H18FN5O2/c1-27-10-16(17-19(23)24-11-25-20(17)27)12-5-7-15(8-6-12)26-21(29)18(28)13-3-2-4-14(22)9-13/h2-11,18,28H,1H3,(H,26,29)(H2,23,24,25)/t18-/m1/s1. The Morgan fingerprint density at radius 2 is 1.97 bits per heavy atom. The van der Waals surface area contributed by atoms with Gasteiger partial charge in [-0.2, -0.15) is 0 Å². The number of nitrogens with two attached hydrogens (primary N) is 1. The van der Waals surface area contributed by atoms with Crippen LogP contribution in [0.3, 0.4) is 0 Å². The molecule has 29 heavy (non-hydrogen) atoms. The summed E-state index contributed by atoms with van der Waals surface area (Å²) in [6.07, 6.45) is 1.86. The van der Waals surface area contributed by atoms with E-state index in [0.29, 0.717) is 11.5 Å². The van der Waals surface area contributed by atoms with Crippen LogP contribution in [-0.4, -0.2) is 25.5 Å². The molecule has 0 radical (unpaired) electrons.